The first-order chi connectivity index (χ1) is 20.1. The maximum Gasteiger partial charge on any atom is 0.424 e. The fourth-order valence-electron chi connectivity index (χ4n) is 4.59. The van der Waals surface area contributed by atoms with Gasteiger partial charge in [-0.15, -0.1) is 0 Å². The van der Waals surface area contributed by atoms with Crippen LogP contribution >= 0.6 is 22.9 Å². The number of nitrogens with one attached hydrogen (secondary N) is 1. The van der Waals surface area contributed by atoms with Gasteiger partial charge in [0, 0.05) is 16.7 Å². The number of halogens is 5. The van der Waals surface area contributed by atoms with Gasteiger partial charge >= 0.3 is 6.18 Å². The third-order valence-electron chi connectivity index (χ3n) is 7.17. The molecule has 226 valence electrons. The van der Waals surface area contributed by atoms with Crippen molar-refractivity contribution in [2.45, 2.75) is 24.1 Å². The number of carbonyl (C=O) groups excluding carboxylic acids is 2. The first-order valence-corrected chi connectivity index (χ1v) is 13.5. The van der Waals surface area contributed by atoms with Gasteiger partial charge in [0.1, 0.15) is 40.5 Å². The lowest BCUT2D eigenvalue weighted by Gasteiger charge is -2.31. The molecule has 2 atom stereocenters. The summed E-state index contributed by atoms with van der Waals surface area (Å²) in [7, 11) is 1.32. The maximum atomic E-state index is 14.7. The molecule has 16 heteroatoms. The Balaban J connectivity index is 1.60. The summed E-state index contributed by atoms with van der Waals surface area (Å²) < 4.78 is 69.2. The number of carbonyl (C=O) groups is 2. The number of hydrogen-bond acceptors (Lipinski definition) is 9. The van der Waals surface area contributed by atoms with E-state index in [4.69, 9.17) is 32.5 Å². The molecule has 0 fully saturated rings. The molecule has 10 nitrogen and oxygen atoms in total. The maximum absolute atomic E-state index is 14.7. The van der Waals surface area contributed by atoms with Crippen LogP contribution < -0.4 is 26.3 Å². The van der Waals surface area contributed by atoms with E-state index in [-0.39, 0.29) is 50.6 Å². The number of nitrogens with two attached hydrogens (primary N) is 2. The fourth-order valence-corrected chi connectivity index (χ4v) is 5.56. The fraction of sp³-hybridized carbons (Fsp3) is 0.259. The van der Waals surface area contributed by atoms with Gasteiger partial charge in [-0.25, -0.2) is 14.4 Å². The normalized spacial score (nSPS) is 17.7. The lowest BCUT2D eigenvalue weighted by molar-refractivity contribution is -0.265. The number of aliphatic hydroxyl groups is 1. The summed E-state index contributed by atoms with van der Waals surface area (Å²) in [6.07, 6.45) is -5.39. The van der Waals surface area contributed by atoms with Crippen molar-refractivity contribution in [1.82, 2.24) is 15.3 Å². The Morgan fingerprint density at radius 1 is 1.23 bits per heavy atom. The number of nitrogens with zero attached hydrogens (tertiary/aromatic N) is 2. The number of primary amides is 1. The van der Waals surface area contributed by atoms with Crippen LogP contribution in [0.2, 0.25) is 5.02 Å². The molecule has 0 saturated heterocycles. The minimum absolute atomic E-state index is 0.0380. The van der Waals surface area contributed by atoms with E-state index in [0.717, 1.165) is 29.5 Å². The monoisotopic (exact) mass is 639 g/mol. The van der Waals surface area contributed by atoms with Crippen LogP contribution in [-0.2, 0) is 15.8 Å². The molecule has 0 spiro atoms. The predicted octanol–water partition coefficient (Wildman–Crippen LogP) is 4.06. The highest BCUT2D eigenvalue weighted by molar-refractivity contribution is 7.22. The van der Waals surface area contributed by atoms with Crippen LogP contribution in [0.3, 0.4) is 0 Å². The molecule has 43 heavy (non-hydrogen) atoms. The molecule has 0 unspecified atom stereocenters. The van der Waals surface area contributed by atoms with E-state index in [1.807, 2.05) is 0 Å². The van der Waals surface area contributed by atoms with Gasteiger partial charge in [0.25, 0.3) is 5.91 Å². The van der Waals surface area contributed by atoms with Crippen LogP contribution in [0.25, 0.3) is 21.5 Å². The highest BCUT2D eigenvalue weighted by Crippen LogP contribution is 2.48. The number of benzene rings is 2. The average molecular weight is 640 g/mol. The van der Waals surface area contributed by atoms with E-state index in [2.05, 4.69) is 15.3 Å². The standard InChI is InChI=1S/C27H22ClF4N5O5S/c1-25(23(33)39)10-42-21-13(25)8-18(36-19(21)11-3-4-15(29)14(28)5-11)26(40,27(30,31)32)9-35-22(38)12-6-16(41-2)20-17(7-12)43-24(34)37-20/h3-8,40H,9-10H2,1-2H3,(H2,33,39)(H2,34,37)(H,35,38)/t25-,26-/m0/s1. The average Bonchev–Trinajstić information content (AvgIpc) is 3.51. The van der Waals surface area contributed by atoms with Crippen LogP contribution in [0.15, 0.2) is 36.4 Å². The van der Waals surface area contributed by atoms with E-state index in [9.17, 15) is 32.3 Å². The number of amides is 2. The molecule has 5 rings (SSSR count). The molecule has 0 saturated carbocycles. The number of fused-ring (bicyclic) bond motifs is 2. The number of alkyl halides is 3. The minimum Gasteiger partial charge on any atom is -0.494 e. The second-order valence-corrected chi connectivity index (χ2v) is 11.4. The van der Waals surface area contributed by atoms with Crippen LogP contribution in [0.5, 0.6) is 11.5 Å². The lowest BCUT2D eigenvalue weighted by atomic mass is 9.81. The van der Waals surface area contributed by atoms with Crippen molar-refractivity contribution in [2.24, 2.45) is 5.73 Å². The van der Waals surface area contributed by atoms with Crippen molar-refractivity contribution in [3.05, 3.63) is 64.1 Å². The van der Waals surface area contributed by atoms with Crippen molar-refractivity contribution in [3.8, 4) is 22.8 Å². The lowest BCUT2D eigenvalue weighted by Crippen LogP contribution is -2.51. The smallest absolute Gasteiger partial charge is 0.424 e. The molecule has 1 aliphatic heterocycles. The summed E-state index contributed by atoms with van der Waals surface area (Å²) in [6.45, 7) is -0.362. The Labute approximate surface area is 249 Å². The van der Waals surface area contributed by atoms with Crippen molar-refractivity contribution in [2.75, 3.05) is 26.0 Å². The summed E-state index contributed by atoms with van der Waals surface area (Å²) in [5.74, 6) is -2.62. The van der Waals surface area contributed by atoms with Crippen LogP contribution in [0, 0.1) is 5.82 Å². The topological polar surface area (TPSA) is 163 Å². The Bertz CT molecular complexity index is 1800. The number of hydrogen-bond donors (Lipinski definition) is 4. The third kappa shape index (κ3) is 5.06. The summed E-state index contributed by atoms with van der Waals surface area (Å²) >= 11 is 6.95. The summed E-state index contributed by atoms with van der Waals surface area (Å²) in [5.41, 5.74) is 4.92. The van der Waals surface area contributed by atoms with Gasteiger partial charge in [-0.05, 0) is 43.3 Å². The van der Waals surface area contributed by atoms with Crippen LogP contribution in [-0.4, -0.2) is 53.3 Å². The molecule has 3 heterocycles. The van der Waals surface area contributed by atoms with Crippen molar-refractivity contribution in [1.29, 1.82) is 0 Å². The zero-order valence-electron chi connectivity index (χ0n) is 22.3. The number of nitrogen functional groups attached to an aromatic ring is 1. The van der Waals surface area contributed by atoms with E-state index in [0.29, 0.717) is 10.2 Å². The van der Waals surface area contributed by atoms with E-state index in [1.165, 1.54) is 32.2 Å². The Hall–Kier alpha value is -4.21. The van der Waals surface area contributed by atoms with Gasteiger partial charge in [0.05, 0.1) is 29.1 Å². The van der Waals surface area contributed by atoms with Crippen molar-refractivity contribution < 1.29 is 41.7 Å². The molecule has 0 aliphatic carbocycles. The van der Waals surface area contributed by atoms with Gasteiger partial charge in [-0.3, -0.25) is 9.59 Å². The number of anilines is 1. The first-order valence-electron chi connectivity index (χ1n) is 12.3. The van der Waals surface area contributed by atoms with E-state index >= 15 is 0 Å². The Kier molecular flexibility index (Phi) is 7.39. The molecule has 0 radical (unpaired) electrons. The number of aromatic nitrogens is 2. The molecule has 4 aromatic rings. The van der Waals surface area contributed by atoms with Gasteiger partial charge in [0.15, 0.2) is 5.13 Å². The molecular weight excluding hydrogens is 618 g/mol. The predicted molar refractivity (Wildman–Crippen MR) is 150 cm³/mol. The highest BCUT2D eigenvalue weighted by Gasteiger charge is 2.57. The molecule has 0 bridgehead atoms. The number of pyridine rings is 1. The van der Waals surface area contributed by atoms with Crippen LogP contribution in [0.1, 0.15) is 28.5 Å². The molecule has 2 aromatic heterocycles. The molecule has 1 aliphatic rings. The molecule has 2 aromatic carbocycles. The van der Waals surface area contributed by atoms with Crippen molar-refractivity contribution >= 4 is 50.1 Å². The Morgan fingerprint density at radius 2 is 1.95 bits per heavy atom. The highest BCUT2D eigenvalue weighted by atomic mass is 35.5. The van der Waals surface area contributed by atoms with Gasteiger partial charge in [-0.1, -0.05) is 22.9 Å². The SMILES string of the molecule is COc1cc(C(=O)NC[C@](O)(c2cc3c(c(-c4ccc(F)c(Cl)c4)n2)OC[C@]3(C)C(N)=O)C(F)(F)F)cc2sc(N)nc12. The van der Waals surface area contributed by atoms with Gasteiger partial charge in [0.2, 0.25) is 11.5 Å². The molecule has 6 N–H and O–H groups in total. The number of methoxy groups -OCH3 is 1. The molecule has 2 amide bonds. The van der Waals surface area contributed by atoms with Gasteiger partial charge in [-0.2, -0.15) is 13.2 Å². The summed E-state index contributed by atoms with van der Waals surface area (Å²) in [4.78, 5) is 33.6. The largest absolute Gasteiger partial charge is 0.494 e. The van der Waals surface area contributed by atoms with E-state index in [1.54, 1.807) is 0 Å². The van der Waals surface area contributed by atoms with E-state index < -0.39 is 47.1 Å². The number of thiazole rings is 1. The first kappa shape index (κ1) is 30.3. The minimum atomic E-state index is -5.39. The second kappa shape index (κ2) is 10.5. The summed E-state index contributed by atoms with van der Waals surface area (Å²) in [5, 5.41) is 13.1. The number of rotatable bonds is 7. The quantitative estimate of drug-likeness (QED) is 0.220. The van der Waals surface area contributed by atoms with Crippen molar-refractivity contribution in [3.63, 3.8) is 0 Å². The van der Waals surface area contributed by atoms with Crippen LogP contribution in [0.4, 0.5) is 22.7 Å². The summed E-state index contributed by atoms with van der Waals surface area (Å²) in [6, 6.07) is 6.77. The number of ether oxygens (including phenoxy) is 2. The zero-order chi connectivity index (χ0) is 31.5. The van der Waals surface area contributed by atoms with Gasteiger partial charge < -0.3 is 31.4 Å². The second-order valence-electron chi connectivity index (χ2n) is 9.96. The molecular formula is C27H22ClF4N5O5S. The third-order valence-corrected chi connectivity index (χ3v) is 8.29. The Morgan fingerprint density at radius 3 is 2.58 bits per heavy atom. The zero-order valence-corrected chi connectivity index (χ0v) is 23.9.